The van der Waals surface area contributed by atoms with Crippen LogP contribution < -0.4 is 15.5 Å². The van der Waals surface area contributed by atoms with Crippen LogP contribution in [-0.4, -0.2) is 53.8 Å². The fraction of sp³-hybridized carbons (Fsp3) is 0.364. The van der Waals surface area contributed by atoms with Gasteiger partial charge in [-0.05, 0) is 43.2 Å². The summed E-state index contributed by atoms with van der Waals surface area (Å²) in [6.07, 6.45) is 4.35. The maximum Gasteiger partial charge on any atom is 0.276 e. The summed E-state index contributed by atoms with van der Waals surface area (Å²) in [6.45, 7) is 2.33. The number of piperidine rings is 1. The van der Waals surface area contributed by atoms with Crippen LogP contribution in [0, 0.1) is 5.82 Å². The molecule has 0 bridgehead atoms. The molecule has 32 heavy (non-hydrogen) atoms. The van der Waals surface area contributed by atoms with Crippen LogP contribution in [0.25, 0.3) is 11.6 Å². The highest BCUT2D eigenvalue weighted by atomic mass is 127. The average Bonchev–Trinajstić information content (AvgIpc) is 3.28. The first kappa shape index (κ1) is 23.9. The van der Waals surface area contributed by atoms with Crippen LogP contribution in [-0.2, 0) is 6.42 Å². The monoisotopic (exact) mass is 551 g/mol. The highest BCUT2D eigenvalue weighted by Gasteiger charge is 2.21. The van der Waals surface area contributed by atoms with E-state index in [9.17, 15) is 4.39 Å². The largest absolute Gasteiger partial charge is 0.369 e. The Morgan fingerprint density at radius 3 is 2.97 bits per heavy atom. The van der Waals surface area contributed by atoms with Gasteiger partial charge in [-0.1, -0.05) is 17.3 Å². The number of nitrogens with one attached hydrogen (secondary N) is 2. The first-order chi connectivity index (χ1) is 15.2. The zero-order chi connectivity index (χ0) is 21.5. The minimum Gasteiger partial charge on any atom is -0.369 e. The SMILES string of the molecule is CN=C(NCCc1noc(-c2ccccn2)n1)NC1CCCN(c2cccc(F)c2)C1.I. The van der Waals surface area contributed by atoms with E-state index < -0.39 is 0 Å². The van der Waals surface area contributed by atoms with Gasteiger partial charge in [-0.15, -0.1) is 24.0 Å². The number of hydrogen-bond acceptors (Lipinski definition) is 6. The zero-order valence-electron chi connectivity index (χ0n) is 17.9. The second-order valence-corrected chi connectivity index (χ2v) is 7.39. The maximum absolute atomic E-state index is 13.6. The van der Waals surface area contributed by atoms with E-state index in [2.05, 4.69) is 35.7 Å². The van der Waals surface area contributed by atoms with Gasteiger partial charge in [0.2, 0.25) is 0 Å². The van der Waals surface area contributed by atoms with Crippen molar-refractivity contribution >= 4 is 35.6 Å². The molecule has 0 amide bonds. The Bertz CT molecular complexity index is 1010. The summed E-state index contributed by atoms with van der Waals surface area (Å²) < 4.78 is 18.9. The van der Waals surface area contributed by atoms with Crippen LogP contribution in [0.4, 0.5) is 10.1 Å². The zero-order valence-corrected chi connectivity index (χ0v) is 20.2. The van der Waals surface area contributed by atoms with E-state index in [0.29, 0.717) is 30.4 Å². The molecule has 0 saturated carbocycles. The minimum absolute atomic E-state index is 0. The smallest absolute Gasteiger partial charge is 0.276 e. The summed E-state index contributed by atoms with van der Waals surface area (Å²) in [6, 6.07) is 12.5. The number of halogens is 2. The lowest BCUT2D eigenvalue weighted by molar-refractivity contribution is 0.421. The normalized spacial score (nSPS) is 16.4. The van der Waals surface area contributed by atoms with Gasteiger partial charge in [-0.25, -0.2) is 4.39 Å². The molecule has 1 fully saturated rings. The van der Waals surface area contributed by atoms with Gasteiger partial charge in [0.25, 0.3) is 5.89 Å². The molecule has 8 nitrogen and oxygen atoms in total. The number of rotatable bonds is 6. The van der Waals surface area contributed by atoms with Crippen molar-refractivity contribution in [3.8, 4) is 11.6 Å². The fourth-order valence-electron chi connectivity index (χ4n) is 3.63. The summed E-state index contributed by atoms with van der Waals surface area (Å²) >= 11 is 0. The lowest BCUT2D eigenvalue weighted by Gasteiger charge is -2.35. The standard InChI is InChI=1S/C22H26FN7O.HI/c1-24-22(26-12-10-20-28-21(31-29-20)19-9-2-3-11-25-19)27-17-7-5-13-30(15-17)18-8-4-6-16(23)14-18;/h2-4,6,8-9,11,14,17H,5,7,10,12-13,15H2,1H3,(H2,24,26,27);1H. The van der Waals surface area contributed by atoms with Crippen LogP contribution in [0.5, 0.6) is 0 Å². The highest BCUT2D eigenvalue weighted by molar-refractivity contribution is 14.0. The number of anilines is 1. The van der Waals surface area contributed by atoms with E-state index in [1.165, 1.54) is 6.07 Å². The third-order valence-electron chi connectivity index (χ3n) is 5.15. The number of hydrogen-bond donors (Lipinski definition) is 2. The average molecular weight is 551 g/mol. The van der Waals surface area contributed by atoms with Gasteiger partial charge in [0.15, 0.2) is 11.8 Å². The Kier molecular flexibility index (Phi) is 8.77. The van der Waals surface area contributed by atoms with E-state index >= 15 is 0 Å². The lowest BCUT2D eigenvalue weighted by Crippen LogP contribution is -2.51. The molecule has 170 valence electrons. The molecule has 3 heterocycles. The second kappa shape index (κ2) is 11.7. The maximum atomic E-state index is 13.6. The van der Waals surface area contributed by atoms with Crippen molar-refractivity contribution in [1.29, 1.82) is 0 Å². The third kappa shape index (κ3) is 6.38. The van der Waals surface area contributed by atoms with Crippen LogP contribution in [0.3, 0.4) is 0 Å². The van der Waals surface area contributed by atoms with Crippen LogP contribution in [0.15, 0.2) is 58.2 Å². The van der Waals surface area contributed by atoms with Gasteiger partial charge in [0.1, 0.15) is 11.5 Å². The van der Waals surface area contributed by atoms with Crippen LogP contribution in [0.1, 0.15) is 18.7 Å². The lowest BCUT2D eigenvalue weighted by atomic mass is 10.0. The quantitative estimate of drug-likeness (QED) is 0.276. The molecule has 1 atom stereocenters. The Hall–Kier alpha value is -2.76. The molecule has 0 radical (unpaired) electrons. The summed E-state index contributed by atoms with van der Waals surface area (Å²) in [7, 11) is 1.75. The molecule has 3 aromatic rings. The van der Waals surface area contributed by atoms with E-state index in [-0.39, 0.29) is 35.8 Å². The van der Waals surface area contributed by atoms with Crippen molar-refractivity contribution in [3.05, 3.63) is 60.3 Å². The first-order valence-electron chi connectivity index (χ1n) is 10.4. The summed E-state index contributed by atoms with van der Waals surface area (Å²) in [5.41, 5.74) is 1.57. The summed E-state index contributed by atoms with van der Waals surface area (Å²) in [5, 5.41) is 10.8. The Morgan fingerprint density at radius 1 is 1.28 bits per heavy atom. The number of aromatic nitrogens is 3. The molecule has 1 aromatic carbocycles. The number of nitrogens with zero attached hydrogens (tertiary/aromatic N) is 5. The fourth-order valence-corrected chi connectivity index (χ4v) is 3.63. The molecule has 0 spiro atoms. The van der Waals surface area contributed by atoms with E-state index in [1.807, 2.05) is 24.3 Å². The first-order valence-corrected chi connectivity index (χ1v) is 10.4. The van der Waals surface area contributed by atoms with Crippen molar-refractivity contribution in [1.82, 2.24) is 25.8 Å². The van der Waals surface area contributed by atoms with Gasteiger partial charge < -0.3 is 20.1 Å². The number of benzene rings is 1. The van der Waals surface area contributed by atoms with E-state index in [4.69, 9.17) is 4.52 Å². The molecule has 1 aliphatic heterocycles. The van der Waals surface area contributed by atoms with Gasteiger partial charge in [0, 0.05) is 51.0 Å². The molecular formula is C22H27FIN7O. The van der Waals surface area contributed by atoms with Crippen LogP contribution >= 0.6 is 24.0 Å². The number of aliphatic imine (C=N–C) groups is 1. The molecule has 1 unspecified atom stereocenters. The molecule has 4 rings (SSSR count). The molecule has 0 aliphatic carbocycles. The van der Waals surface area contributed by atoms with E-state index in [1.54, 1.807) is 25.4 Å². The van der Waals surface area contributed by atoms with Crippen molar-refractivity contribution in [2.75, 3.05) is 31.6 Å². The molecule has 1 aliphatic rings. The number of pyridine rings is 1. The van der Waals surface area contributed by atoms with Gasteiger partial charge >= 0.3 is 0 Å². The van der Waals surface area contributed by atoms with Crippen molar-refractivity contribution < 1.29 is 8.91 Å². The van der Waals surface area contributed by atoms with Crippen molar-refractivity contribution in [2.24, 2.45) is 4.99 Å². The summed E-state index contributed by atoms with van der Waals surface area (Å²) in [5.74, 6) is 1.54. The predicted molar refractivity (Wildman–Crippen MR) is 133 cm³/mol. The molecule has 1 saturated heterocycles. The Balaban J connectivity index is 0.00000289. The number of guanidine groups is 1. The van der Waals surface area contributed by atoms with Gasteiger partial charge in [-0.2, -0.15) is 4.98 Å². The molecule has 2 N–H and O–H groups in total. The molecular weight excluding hydrogens is 524 g/mol. The van der Waals surface area contributed by atoms with Gasteiger partial charge in [0.05, 0.1) is 0 Å². The predicted octanol–water partition coefficient (Wildman–Crippen LogP) is 3.27. The Morgan fingerprint density at radius 2 is 2.19 bits per heavy atom. The van der Waals surface area contributed by atoms with Gasteiger partial charge in [-0.3, -0.25) is 9.98 Å². The Labute approximate surface area is 203 Å². The topological polar surface area (TPSA) is 91.5 Å². The van der Waals surface area contributed by atoms with Crippen LogP contribution in [0.2, 0.25) is 0 Å². The minimum atomic E-state index is -0.210. The summed E-state index contributed by atoms with van der Waals surface area (Å²) in [4.78, 5) is 15.1. The van der Waals surface area contributed by atoms with E-state index in [0.717, 1.165) is 37.6 Å². The van der Waals surface area contributed by atoms with Crippen molar-refractivity contribution in [3.63, 3.8) is 0 Å². The highest BCUT2D eigenvalue weighted by Crippen LogP contribution is 2.20. The third-order valence-corrected chi connectivity index (χ3v) is 5.15. The van der Waals surface area contributed by atoms with Crippen molar-refractivity contribution in [2.45, 2.75) is 25.3 Å². The second-order valence-electron chi connectivity index (χ2n) is 7.39. The molecule has 10 heteroatoms. The molecule has 2 aromatic heterocycles.